The maximum absolute atomic E-state index is 4.16. The van der Waals surface area contributed by atoms with Gasteiger partial charge in [0.25, 0.3) is 0 Å². The van der Waals surface area contributed by atoms with Crippen molar-refractivity contribution in [3.63, 3.8) is 0 Å². The van der Waals surface area contributed by atoms with Crippen molar-refractivity contribution in [3.8, 4) is 0 Å². The van der Waals surface area contributed by atoms with Crippen LogP contribution in [0.3, 0.4) is 0 Å². The van der Waals surface area contributed by atoms with Gasteiger partial charge in [-0.1, -0.05) is 13.0 Å². The molecule has 2 aromatic heterocycles. The largest absolute Gasteiger partial charge is 0.312 e. The van der Waals surface area contributed by atoms with Crippen LogP contribution >= 0.6 is 11.3 Å². The van der Waals surface area contributed by atoms with Crippen molar-refractivity contribution in [2.24, 2.45) is 0 Å². The first-order valence-electron chi connectivity index (χ1n) is 7.13. The Hall–Kier alpha value is -1.23. The molecule has 0 aliphatic rings. The number of hydrogen-bond acceptors (Lipinski definition) is 4. The van der Waals surface area contributed by atoms with Gasteiger partial charge in [-0.25, -0.2) is 0 Å². The fourth-order valence-corrected chi connectivity index (χ4v) is 3.18. The summed E-state index contributed by atoms with van der Waals surface area (Å²) in [5.41, 5.74) is 1.26. The van der Waals surface area contributed by atoms with Crippen LogP contribution in [0, 0.1) is 0 Å². The van der Waals surface area contributed by atoms with Crippen molar-refractivity contribution in [1.29, 1.82) is 0 Å². The van der Waals surface area contributed by atoms with Crippen molar-refractivity contribution in [3.05, 3.63) is 52.0 Å². The lowest BCUT2D eigenvalue weighted by Crippen LogP contribution is -2.16. The van der Waals surface area contributed by atoms with Crippen LogP contribution < -0.4 is 5.32 Å². The fourth-order valence-electron chi connectivity index (χ4n) is 2.12. The second kappa shape index (κ2) is 8.15. The second-order valence-corrected chi connectivity index (χ2v) is 6.33. The smallest absolute Gasteiger partial charge is 0.0328 e. The Labute approximate surface area is 125 Å². The molecule has 0 amide bonds. The van der Waals surface area contributed by atoms with Crippen LogP contribution in [0.15, 0.2) is 36.7 Å². The average molecular weight is 289 g/mol. The molecule has 3 nitrogen and oxygen atoms in total. The topological polar surface area (TPSA) is 28.2 Å². The monoisotopic (exact) mass is 289 g/mol. The summed E-state index contributed by atoms with van der Waals surface area (Å²) in [4.78, 5) is 9.32. The molecule has 0 spiro atoms. The highest BCUT2D eigenvalue weighted by atomic mass is 32.1. The summed E-state index contributed by atoms with van der Waals surface area (Å²) in [6.45, 7) is 6.21. The van der Waals surface area contributed by atoms with Crippen LogP contribution in [0.1, 0.15) is 28.7 Å². The molecule has 0 aromatic carbocycles. The molecule has 0 unspecified atom stereocenters. The van der Waals surface area contributed by atoms with Gasteiger partial charge in [-0.2, -0.15) is 0 Å². The number of rotatable bonds is 8. The summed E-state index contributed by atoms with van der Waals surface area (Å²) in [5, 5.41) is 3.45. The summed E-state index contributed by atoms with van der Waals surface area (Å²) in [5.74, 6) is 0. The summed E-state index contributed by atoms with van der Waals surface area (Å²) >= 11 is 1.90. The van der Waals surface area contributed by atoms with Crippen molar-refractivity contribution >= 4 is 11.3 Å². The van der Waals surface area contributed by atoms with Gasteiger partial charge in [-0.3, -0.25) is 9.88 Å². The van der Waals surface area contributed by atoms with Gasteiger partial charge in [-0.05, 0) is 43.8 Å². The normalized spacial score (nSPS) is 11.2. The number of aromatic nitrogens is 1. The maximum Gasteiger partial charge on any atom is 0.0328 e. The molecule has 0 atom stereocenters. The van der Waals surface area contributed by atoms with Crippen LogP contribution in [0.4, 0.5) is 0 Å². The Kier molecular flexibility index (Phi) is 6.18. The van der Waals surface area contributed by atoms with E-state index in [1.54, 1.807) is 0 Å². The Bertz CT molecular complexity index is 495. The van der Waals surface area contributed by atoms with Gasteiger partial charge < -0.3 is 5.32 Å². The van der Waals surface area contributed by atoms with E-state index in [9.17, 15) is 0 Å². The van der Waals surface area contributed by atoms with E-state index >= 15 is 0 Å². The molecule has 2 rings (SSSR count). The third-order valence-corrected chi connectivity index (χ3v) is 4.11. The summed E-state index contributed by atoms with van der Waals surface area (Å²) in [6, 6.07) is 8.60. The van der Waals surface area contributed by atoms with Gasteiger partial charge in [0.05, 0.1) is 0 Å². The van der Waals surface area contributed by atoms with Crippen molar-refractivity contribution < 1.29 is 0 Å². The van der Waals surface area contributed by atoms with Gasteiger partial charge >= 0.3 is 0 Å². The lowest BCUT2D eigenvalue weighted by molar-refractivity contribution is 0.321. The first-order chi connectivity index (χ1) is 9.78. The second-order valence-electron chi connectivity index (χ2n) is 5.08. The summed E-state index contributed by atoms with van der Waals surface area (Å²) < 4.78 is 0. The quantitative estimate of drug-likeness (QED) is 0.756. The van der Waals surface area contributed by atoms with E-state index in [0.29, 0.717) is 0 Å². The highest BCUT2D eigenvalue weighted by Gasteiger charge is 2.05. The van der Waals surface area contributed by atoms with Gasteiger partial charge in [-0.15, -0.1) is 11.3 Å². The molecule has 0 saturated heterocycles. The molecule has 4 heteroatoms. The Morgan fingerprint density at radius 3 is 2.80 bits per heavy atom. The first-order valence-corrected chi connectivity index (χ1v) is 7.95. The highest BCUT2D eigenvalue weighted by molar-refractivity contribution is 7.11. The van der Waals surface area contributed by atoms with Crippen LogP contribution in [0.2, 0.25) is 0 Å². The molecule has 1 N–H and O–H groups in total. The van der Waals surface area contributed by atoms with Crippen LogP contribution in [0.5, 0.6) is 0 Å². The minimum atomic E-state index is 0.940. The highest BCUT2D eigenvalue weighted by Crippen LogP contribution is 2.18. The predicted molar refractivity (Wildman–Crippen MR) is 85.7 cm³/mol. The van der Waals surface area contributed by atoms with E-state index in [0.717, 1.165) is 26.2 Å². The molecular formula is C16H23N3S. The average Bonchev–Trinajstić information content (AvgIpc) is 2.87. The van der Waals surface area contributed by atoms with Gasteiger partial charge in [0, 0.05) is 41.8 Å². The lowest BCUT2D eigenvalue weighted by Gasteiger charge is -2.15. The Balaban J connectivity index is 1.80. The SMILES string of the molecule is CCCNCc1ccc(CN(C)Cc2cccnc2)s1. The van der Waals surface area contributed by atoms with Crippen LogP contribution in [0.25, 0.3) is 0 Å². The van der Waals surface area contributed by atoms with Gasteiger partial charge in [0.2, 0.25) is 0 Å². The molecule has 108 valence electrons. The molecule has 20 heavy (non-hydrogen) atoms. The lowest BCUT2D eigenvalue weighted by atomic mass is 10.2. The minimum absolute atomic E-state index is 0.940. The number of hydrogen-bond donors (Lipinski definition) is 1. The van der Waals surface area contributed by atoms with Crippen LogP contribution in [-0.4, -0.2) is 23.5 Å². The molecule has 0 saturated carbocycles. The van der Waals surface area contributed by atoms with Gasteiger partial charge in [0.1, 0.15) is 0 Å². The molecule has 0 aliphatic heterocycles. The minimum Gasteiger partial charge on any atom is -0.312 e. The molecule has 0 aliphatic carbocycles. The van der Waals surface area contributed by atoms with E-state index in [2.05, 4.69) is 47.4 Å². The zero-order chi connectivity index (χ0) is 14.2. The summed E-state index contributed by atoms with van der Waals surface area (Å²) in [7, 11) is 2.15. The number of pyridine rings is 1. The first kappa shape index (κ1) is 15.2. The van der Waals surface area contributed by atoms with E-state index < -0.39 is 0 Å². The van der Waals surface area contributed by atoms with Crippen molar-refractivity contribution in [2.45, 2.75) is 33.0 Å². The van der Waals surface area contributed by atoms with E-state index in [4.69, 9.17) is 0 Å². The molecule has 2 heterocycles. The Morgan fingerprint density at radius 2 is 2.05 bits per heavy atom. The zero-order valence-electron chi connectivity index (χ0n) is 12.3. The third-order valence-electron chi connectivity index (χ3n) is 3.04. The fraction of sp³-hybridized carbons (Fsp3) is 0.438. The van der Waals surface area contributed by atoms with E-state index in [1.165, 1.54) is 21.7 Å². The van der Waals surface area contributed by atoms with Crippen molar-refractivity contribution in [2.75, 3.05) is 13.6 Å². The Morgan fingerprint density at radius 1 is 1.20 bits per heavy atom. The standard InChI is InChI=1S/C16H23N3S/c1-3-8-17-11-15-6-7-16(20-15)13-19(2)12-14-5-4-9-18-10-14/h4-7,9-10,17H,3,8,11-13H2,1-2H3. The predicted octanol–water partition coefficient (Wildman–Crippen LogP) is 3.27. The van der Waals surface area contributed by atoms with Gasteiger partial charge in [0.15, 0.2) is 0 Å². The summed E-state index contributed by atoms with van der Waals surface area (Å²) in [6.07, 6.45) is 4.94. The third kappa shape index (κ3) is 5.04. The molecule has 0 fully saturated rings. The van der Waals surface area contributed by atoms with E-state index in [-0.39, 0.29) is 0 Å². The van der Waals surface area contributed by atoms with Crippen molar-refractivity contribution in [1.82, 2.24) is 15.2 Å². The zero-order valence-corrected chi connectivity index (χ0v) is 13.1. The molecular weight excluding hydrogens is 266 g/mol. The number of thiophene rings is 1. The number of nitrogens with one attached hydrogen (secondary N) is 1. The molecule has 0 radical (unpaired) electrons. The maximum atomic E-state index is 4.16. The van der Waals surface area contributed by atoms with E-state index in [1.807, 2.05) is 29.8 Å². The van der Waals surface area contributed by atoms with Crippen LogP contribution in [-0.2, 0) is 19.6 Å². The molecule has 2 aromatic rings. The molecule has 0 bridgehead atoms. The number of nitrogens with zero attached hydrogens (tertiary/aromatic N) is 2.